The largest absolute Gasteiger partial charge is 0.504 e. The number of H-pyrrole nitrogens is 1. The van der Waals surface area contributed by atoms with E-state index in [9.17, 15) is 28.2 Å². The van der Waals surface area contributed by atoms with E-state index in [0.717, 1.165) is 6.07 Å². The Balaban J connectivity index is 2.70. The van der Waals surface area contributed by atoms with Gasteiger partial charge in [-0.15, -0.1) is 0 Å². The van der Waals surface area contributed by atoms with Crippen molar-refractivity contribution in [3.63, 3.8) is 0 Å². The molecule has 1 aromatic heterocycles. The number of aromatic hydroxyl groups is 2. The maximum atomic E-state index is 12.9. The molecule has 0 atom stereocenters. The predicted octanol–water partition coefficient (Wildman–Crippen LogP) is 2.20. The Morgan fingerprint density at radius 3 is 2.40 bits per heavy atom. The maximum Gasteiger partial charge on any atom is 0.417 e. The maximum absolute atomic E-state index is 12.9. The van der Waals surface area contributed by atoms with Gasteiger partial charge in [0, 0.05) is 0 Å². The van der Waals surface area contributed by atoms with E-state index < -0.39 is 46.2 Å². The second-order valence-corrected chi connectivity index (χ2v) is 3.83. The van der Waals surface area contributed by atoms with E-state index in [0.29, 0.717) is 12.1 Å². The second kappa shape index (κ2) is 4.44. The number of hydrogen-bond acceptors (Lipinski definition) is 4. The third kappa shape index (κ3) is 2.25. The number of benzene rings is 1. The van der Waals surface area contributed by atoms with E-state index >= 15 is 0 Å². The zero-order chi connectivity index (χ0) is 15.1. The van der Waals surface area contributed by atoms with Crippen LogP contribution in [0.5, 0.6) is 11.5 Å². The van der Waals surface area contributed by atoms with Crippen molar-refractivity contribution in [1.82, 2.24) is 10.2 Å². The van der Waals surface area contributed by atoms with Crippen molar-refractivity contribution in [2.75, 3.05) is 0 Å². The van der Waals surface area contributed by atoms with E-state index in [4.69, 9.17) is 5.11 Å². The Morgan fingerprint density at radius 2 is 1.90 bits per heavy atom. The molecule has 0 aliphatic carbocycles. The number of carboxylic acid groups (broad SMARTS) is 1. The smallest absolute Gasteiger partial charge is 0.417 e. The molecule has 0 saturated heterocycles. The lowest BCUT2D eigenvalue weighted by Gasteiger charge is -2.13. The predicted molar refractivity (Wildman–Crippen MR) is 59.3 cm³/mol. The van der Waals surface area contributed by atoms with Gasteiger partial charge in [0.05, 0.1) is 16.8 Å². The zero-order valence-corrected chi connectivity index (χ0v) is 9.56. The summed E-state index contributed by atoms with van der Waals surface area (Å²) in [6, 6.07) is 2.08. The van der Waals surface area contributed by atoms with Gasteiger partial charge in [0.15, 0.2) is 11.5 Å². The number of carbonyl (C=O) groups is 1. The summed E-state index contributed by atoms with van der Waals surface area (Å²) in [7, 11) is 0. The molecule has 2 aromatic rings. The number of phenols is 2. The van der Waals surface area contributed by atoms with Gasteiger partial charge in [-0.25, -0.2) is 4.79 Å². The van der Waals surface area contributed by atoms with Crippen LogP contribution in [0.3, 0.4) is 0 Å². The Kier molecular flexibility index (Phi) is 3.04. The van der Waals surface area contributed by atoms with Crippen LogP contribution < -0.4 is 0 Å². The molecule has 0 fully saturated rings. The Hall–Kier alpha value is -2.71. The van der Waals surface area contributed by atoms with E-state index in [2.05, 4.69) is 5.10 Å². The zero-order valence-electron chi connectivity index (χ0n) is 9.56. The number of carboxylic acids is 1. The molecule has 0 aliphatic heterocycles. The van der Waals surface area contributed by atoms with Gasteiger partial charge in [-0.3, -0.25) is 5.10 Å². The van der Waals surface area contributed by atoms with E-state index in [1.54, 1.807) is 0 Å². The van der Waals surface area contributed by atoms with Crippen molar-refractivity contribution in [1.29, 1.82) is 0 Å². The minimum atomic E-state index is -4.80. The summed E-state index contributed by atoms with van der Waals surface area (Å²) < 4.78 is 38.6. The first-order valence-electron chi connectivity index (χ1n) is 5.13. The van der Waals surface area contributed by atoms with Crippen molar-refractivity contribution in [3.8, 4) is 22.8 Å². The number of alkyl halides is 3. The highest BCUT2D eigenvalue weighted by atomic mass is 19.4. The number of halogens is 3. The summed E-state index contributed by atoms with van der Waals surface area (Å²) >= 11 is 0. The van der Waals surface area contributed by atoms with E-state index in [-0.39, 0.29) is 0 Å². The summed E-state index contributed by atoms with van der Waals surface area (Å²) in [6.45, 7) is 0. The lowest BCUT2D eigenvalue weighted by atomic mass is 10.0. The van der Waals surface area contributed by atoms with Gasteiger partial charge in [-0.1, -0.05) is 0 Å². The van der Waals surface area contributed by atoms with Crippen molar-refractivity contribution in [2.45, 2.75) is 6.18 Å². The quantitative estimate of drug-likeness (QED) is 0.634. The lowest BCUT2D eigenvalue weighted by molar-refractivity contribution is -0.137. The van der Waals surface area contributed by atoms with Crippen LogP contribution in [0.4, 0.5) is 13.2 Å². The number of nitrogens with zero attached hydrogens (tertiary/aromatic N) is 1. The van der Waals surface area contributed by atoms with Crippen molar-refractivity contribution < 1.29 is 33.3 Å². The average molecular weight is 288 g/mol. The molecule has 20 heavy (non-hydrogen) atoms. The third-order valence-corrected chi connectivity index (χ3v) is 2.53. The van der Waals surface area contributed by atoms with Crippen LogP contribution in [0.2, 0.25) is 0 Å². The molecular weight excluding hydrogens is 281 g/mol. The van der Waals surface area contributed by atoms with Gasteiger partial charge < -0.3 is 15.3 Å². The highest BCUT2D eigenvalue weighted by molar-refractivity contribution is 5.87. The molecule has 0 radical (unpaired) electrons. The molecule has 2 rings (SSSR count). The first kappa shape index (κ1) is 13.7. The number of aromatic carboxylic acids is 1. The fraction of sp³-hybridized carbons (Fsp3) is 0.0909. The molecule has 1 heterocycles. The molecule has 6 nitrogen and oxygen atoms in total. The number of aromatic nitrogens is 2. The van der Waals surface area contributed by atoms with Crippen molar-refractivity contribution >= 4 is 5.97 Å². The fourth-order valence-electron chi connectivity index (χ4n) is 1.64. The van der Waals surface area contributed by atoms with Crippen molar-refractivity contribution in [3.05, 3.63) is 29.5 Å². The van der Waals surface area contributed by atoms with Crippen LogP contribution in [-0.4, -0.2) is 31.5 Å². The summed E-state index contributed by atoms with van der Waals surface area (Å²) in [5.41, 5.74) is -2.92. The van der Waals surface area contributed by atoms with Gasteiger partial charge in [-0.2, -0.15) is 18.3 Å². The van der Waals surface area contributed by atoms with E-state index in [1.165, 1.54) is 0 Å². The minimum absolute atomic E-state index is 0.442. The Bertz CT molecular complexity index is 679. The van der Waals surface area contributed by atoms with Gasteiger partial charge in [0.2, 0.25) is 0 Å². The number of nitrogens with one attached hydrogen (secondary N) is 1. The normalized spacial score (nSPS) is 11.6. The SMILES string of the molecule is O=C(O)c1cc(-c2c(C(F)(F)F)ccc(O)c2O)n[nH]1. The Labute approximate surface area is 109 Å². The molecule has 0 amide bonds. The lowest BCUT2D eigenvalue weighted by Crippen LogP contribution is -2.07. The van der Waals surface area contributed by atoms with Gasteiger partial charge in [0.1, 0.15) is 5.69 Å². The molecule has 0 spiro atoms. The first-order chi connectivity index (χ1) is 9.21. The van der Waals surface area contributed by atoms with Crippen LogP contribution in [-0.2, 0) is 6.18 Å². The first-order valence-corrected chi connectivity index (χ1v) is 5.13. The van der Waals surface area contributed by atoms with Crippen LogP contribution in [0.25, 0.3) is 11.3 Å². The van der Waals surface area contributed by atoms with Gasteiger partial charge in [0.25, 0.3) is 0 Å². The minimum Gasteiger partial charge on any atom is -0.504 e. The number of aromatic amines is 1. The molecule has 4 N–H and O–H groups in total. The second-order valence-electron chi connectivity index (χ2n) is 3.83. The molecular formula is C11H7F3N2O4. The summed E-state index contributed by atoms with van der Waals surface area (Å²) in [6.07, 6.45) is -4.80. The van der Waals surface area contributed by atoms with Gasteiger partial charge in [-0.05, 0) is 18.2 Å². The van der Waals surface area contributed by atoms with Crippen LogP contribution in [0, 0.1) is 0 Å². The molecule has 1 aromatic carbocycles. The number of phenolic OH excluding ortho intramolecular Hbond substituents is 2. The molecule has 0 saturated carbocycles. The van der Waals surface area contributed by atoms with Crippen molar-refractivity contribution in [2.24, 2.45) is 0 Å². The fourth-order valence-corrected chi connectivity index (χ4v) is 1.64. The topological polar surface area (TPSA) is 106 Å². The van der Waals surface area contributed by atoms with Crippen LogP contribution in [0.15, 0.2) is 18.2 Å². The summed E-state index contributed by atoms with van der Waals surface area (Å²) in [4.78, 5) is 10.7. The number of hydrogen-bond donors (Lipinski definition) is 4. The van der Waals surface area contributed by atoms with Crippen LogP contribution in [0.1, 0.15) is 16.1 Å². The average Bonchev–Trinajstić information content (AvgIpc) is 2.80. The Morgan fingerprint density at radius 1 is 1.25 bits per heavy atom. The highest BCUT2D eigenvalue weighted by Crippen LogP contribution is 2.44. The number of rotatable bonds is 2. The van der Waals surface area contributed by atoms with Crippen LogP contribution >= 0.6 is 0 Å². The third-order valence-electron chi connectivity index (χ3n) is 2.53. The molecule has 0 bridgehead atoms. The standard InChI is InChI=1S/C11H7F3N2O4/c12-11(13,14)4-1-2-7(17)9(18)8(4)5-3-6(10(19)20)16-15-5/h1-3,17-18H,(H,15,16)(H,19,20). The van der Waals surface area contributed by atoms with Gasteiger partial charge >= 0.3 is 12.1 Å². The monoisotopic (exact) mass is 288 g/mol. The highest BCUT2D eigenvalue weighted by Gasteiger charge is 2.36. The molecule has 106 valence electrons. The summed E-state index contributed by atoms with van der Waals surface area (Å²) in [5, 5.41) is 33.0. The molecule has 0 aliphatic rings. The summed E-state index contributed by atoms with van der Waals surface area (Å²) in [5.74, 6) is -3.21. The molecule has 0 unspecified atom stereocenters. The van der Waals surface area contributed by atoms with E-state index in [1.807, 2.05) is 5.10 Å². The molecule has 9 heteroatoms.